The third-order valence-electron chi connectivity index (χ3n) is 2.72. The van der Waals surface area contributed by atoms with Gasteiger partial charge in [0, 0.05) is 16.2 Å². The number of rotatable bonds is 4. The highest BCUT2D eigenvalue weighted by Gasteiger charge is 2.04. The molecule has 1 unspecified atom stereocenters. The average molecular weight is 306 g/mol. The summed E-state index contributed by atoms with van der Waals surface area (Å²) in [6.07, 6.45) is 0.923. The second kappa shape index (κ2) is 5.91. The first-order valence-corrected chi connectivity index (χ1v) is 6.73. The summed E-state index contributed by atoms with van der Waals surface area (Å²) in [7, 11) is 0. The minimum Gasteiger partial charge on any atom is -0.508 e. The number of hydrogen-bond donors (Lipinski definition) is 2. The van der Waals surface area contributed by atoms with Gasteiger partial charge in [0.25, 0.3) is 0 Å². The fourth-order valence-corrected chi connectivity index (χ4v) is 2.30. The Morgan fingerprint density at radius 3 is 2.56 bits per heavy atom. The lowest BCUT2D eigenvalue weighted by atomic mass is 10.1. The van der Waals surface area contributed by atoms with Crippen molar-refractivity contribution in [2.24, 2.45) is 0 Å². The Labute approximate surface area is 116 Å². The van der Waals surface area contributed by atoms with E-state index in [1.807, 2.05) is 24.3 Å². The van der Waals surface area contributed by atoms with Gasteiger partial charge in [0.1, 0.15) is 5.75 Å². The van der Waals surface area contributed by atoms with Crippen LogP contribution < -0.4 is 5.32 Å². The molecular formula is C15H16BrNO. The van der Waals surface area contributed by atoms with E-state index in [2.05, 4.69) is 40.3 Å². The van der Waals surface area contributed by atoms with Gasteiger partial charge in [0.2, 0.25) is 0 Å². The number of halogens is 1. The minimum atomic E-state index is 0.311. The second-order valence-electron chi connectivity index (χ2n) is 4.43. The minimum absolute atomic E-state index is 0.311. The molecule has 94 valence electrons. The lowest BCUT2D eigenvalue weighted by Gasteiger charge is -2.15. The van der Waals surface area contributed by atoms with E-state index in [0.29, 0.717) is 11.8 Å². The quantitative estimate of drug-likeness (QED) is 0.887. The van der Waals surface area contributed by atoms with Crippen molar-refractivity contribution >= 4 is 21.6 Å². The summed E-state index contributed by atoms with van der Waals surface area (Å²) in [5.74, 6) is 0.311. The van der Waals surface area contributed by atoms with Crippen molar-refractivity contribution in [2.75, 3.05) is 5.32 Å². The Balaban J connectivity index is 1.96. The topological polar surface area (TPSA) is 32.3 Å². The van der Waals surface area contributed by atoms with Crippen LogP contribution >= 0.6 is 15.9 Å². The molecule has 0 aliphatic heterocycles. The van der Waals surface area contributed by atoms with Crippen LogP contribution in [0.25, 0.3) is 0 Å². The number of benzene rings is 2. The standard InChI is InChI=1S/C15H16BrNO/c1-11(9-12-5-7-15(18)8-6-12)17-14-4-2-3-13(16)10-14/h2-8,10-11,17-18H,9H2,1H3. The Hall–Kier alpha value is -1.48. The maximum Gasteiger partial charge on any atom is 0.115 e. The van der Waals surface area contributed by atoms with E-state index < -0.39 is 0 Å². The van der Waals surface area contributed by atoms with Gasteiger partial charge in [-0.25, -0.2) is 0 Å². The first-order chi connectivity index (χ1) is 8.63. The van der Waals surface area contributed by atoms with Crippen molar-refractivity contribution in [1.29, 1.82) is 0 Å². The zero-order valence-electron chi connectivity index (χ0n) is 10.2. The largest absolute Gasteiger partial charge is 0.508 e. The van der Waals surface area contributed by atoms with Gasteiger partial charge < -0.3 is 10.4 Å². The molecule has 3 heteroatoms. The SMILES string of the molecule is CC(Cc1ccc(O)cc1)Nc1cccc(Br)c1. The smallest absolute Gasteiger partial charge is 0.115 e. The van der Waals surface area contributed by atoms with Crippen molar-refractivity contribution in [2.45, 2.75) is 19.4 Å². The molecule has 0 amide bonds. The van der Waals surface area contributed by atoms with Gasteiger partial charge >= 0.3 is 0 Å². The van der Waals surface area contributed by atoms with Crippen LogP contribution in [0.3, 0.4) is 0 Å². The second-order valence-corrected chi connectivity index (χ2v) is 5.34. The predicted molar refractivity (Wildman–Crippen MR) is 79.0 cm³/mol. The van der Waals surface area contributed by atoms with Gasteiger partial charge in [-0.05, 0) is 49.2 Å². The Kier molecular flexibility index (Phi) is 4.26. The zero-order valence-corrected chi connectivity index (χ0v) is 11.8. The average Bonchev–Trinajstić information content (AvgIpc) is 2.32. The number of phenols is 1. The number of phenolic OH excluding ortho intramolecular Hbond substituents is 1. The van der Waals surface area contributed by atoms with E-state index in [9.17, 15) is 5.11 Å². The molecule has 2 aromatic carbocycles. The van der Waals surface area contributed by atoms with Gasteiger partial charge in [-0.3, -0.25) is 0 Å². The molecule has 0 heterocycles. The molecule has 0 bridgehead atoms. The molecule has 0 saturated heterocycles. The third kappa shape index (κ3) is 3.77. The van der Waals surface area contributed by atoms with Crippen LogP contribution in [0.5, 0.6) is 5.75 Å². The van der Waals surface area contributed by atoms with Crippen LogP contribution in [-0.2, 0) is 6.42 Å². The maximum atomic E-state index is 9.24. The van der Waals surface area contributed by atoms with Gasteiger partial charge in [-0.2, -0.15) is 0 Å². The van der Waals surface area contributed by atoms with Crippen molar-refractivity contribution < 1.29 is 5.11 Å². The molecule has 0 spiro atoms. The fraction of sp³-hybridized carbons (Fsp3) is 0.200. The number of nitrogens with one attached hydrogen (secondary N) is 1. The van der Waals surface area contributed by atoms with Crippen molar-refractivity contribution in [1.82, 2.24) is 0 Å². The highest BCUT2D eigenvalue weighted by Crippen LogP contribution is 2.18. The summed E-state index contributed by atoms with van der Waals surface area (Å²) >= 11 is 3.46. The van der Waals surface area contributed by atoms with Crippen LogP contribution in [0, 0.1) is 0 Å². The van der Waals surface area contributed by atoms with Gasteiger partial charge in [0.05, 0.1) is 0 Å². The summed E-state index contributed by atoms with van der Waals surface area (Å²) < 4.78 is 1.07. The molecule has 2 rings (SSSR count). The van der Waals surface area contributed by atoms with E-state index in [0.717, 1.165) is 16.6 Å². The molecular weight excluding hydrogens is 290 g/mol. The third-order valence-corrected chi connectivity index (χ3v) is 3.21. The van der Waals surface area contributed by atoms with Gasteiger partial charge in [-0.1, -0.05) is 34.1 Å². The monoisotopic (exact) mass is 305 g/mol. The Morgan fingerprint density at radius 2 is 1.89 bits per heavy atom. The predicted octanol–water partition coefficient (Wildman–Crippen LogP) is 4.20. The Bertz CT molecular complexity index is 510. The molecule has 0 radical (unpaired) electrons. The van der Waals surface area contributed by atoms with E-state index in [1.54, 1.807) is 12.1 Å². The van der Waals surface area contributed by atoms with E-state index >= 15 is 0 Å². The molecule has 1 atom stereocenters. The lowest BCUT2D eigenvalue weighted by Crippen LogP contribution is -2.17. The van der Waals surface area contributed by atoms with E-state index in [-0.39, 0.29) is 0 Å². The zero-order chi connectivity index (χ0) is 13.0. The highest BCUT2D eigenvalue weighted by atomic mass is 79.9. The van der Waals surface area contributed by atoms with Crippen molar-refractivity contribution in [3.63, 3.8) is 0 Å². The molecule has 2 nitrogen and oxygen atoms in total. The summed E-state index contributed by atoms with van der Waals surface area (Å²) in [5.41, 5.74) is 2.32. The number of hydrogen-bond acceptors (Lipinski definition) is 2. The maximum absolute atomic E-state index is 9.24. The number of anilines is 1. The van der Waals surface area contributed by atoms with Crippen molar-refractivity contribution in [3.8, 4) is 5.75 Å². The first kappa shape index (κ1) is 13.0. The van der Waals surface area contributed by atoms with Crippen LogP contribution in [0.1, 0.15) is 12.5 Å². The van der Waals surface area contributed by atoms with Gasteiger partial charge in [0.15, 0.2) is 0 Å². The van der Waals surface area contributed by atoms with Crippen LogP contribution in [0.4, 0.5) is 5.69 Å². The van der Waals surface area contributed by atoms with Crippen LogP contribution in [-0.4, -0.2) is 11.1 Å². The molecule has 2 aromatic rings. The van der Waals surface area contributed by atoms with Crippen molar-refractivity contribution in [3.05, 3.63) is 58.6 Å². The molecule has 0 aliphatic carbocycles. The number of aromatic hydroxyl groups is 1. The Morgan fingerprint density at radius 1 is 1.17 bits per heavy atom. The molecule has 18 heavy (non-hydrogen) atoms. The summed E-state index contributed by atoms with van der Waals surface area (Å²) in [6.45, 7) is 2.15. The van der Waals surface area contributed by atoms with E-state index in [1.165, 1.54) is 5.56 Å². The first-order valence-electron chi connectivity index (χ1n) is 5.93. The molecule has 0 aliphatic rings. The fourth-order valence-electron chi connectivity index (χ4n) is 1.90. The molecule has 2 N–H and O–H groups in total. The van der Waals surface area contributed by atoms with Crippen LogP contribution in [0.15, 0.2) is 53.0 Å². The summed E-state index contributed by atoms with van der Waals surface area (Å²) in [4.78, 5) is 0. The van der Waals surface area contributed by atoms with Gasteiger partial charge in [-0.15, -0.1) is 0 Å². The lowest BCUT2D eigenvalue weighted by molar-refractivity contribution is 0.475. The summed E-state index contributed by atoms with van der Waals surface area (Å²) in [5, 5.41) is 12.7. The summed E-state index contributed by atoms with van der Waals surface area (Å²) in [6, 6.07) is 15.8. The molecule has 0 aromatic heterocycles. The molecule has 0 saturated carbocycles. The normalized spacial score (nSPS) is 12.1. The van der Waals surface area contributed by atoms with E-state index in [4.69, 9.17) is 0 Å². The van der Waals surface area contributed by atoms with Crippen LogP contribution in [0.2, 0.25) is 0 Å². The molecule has 0 fully saturated rings. The highest BCUT2D eigenvalue weighted by molar-refractivity contribution is 9.10.